The van der Waals surface area contributed by atoms with Gasteiger partial charge in [-0.1, -0.05) is 0 Å². The Kier molecular flexibility index (Phi) is 2.43. The quantitative estimate of drug-likeness (QED) is 0.520. The number of carbonyl (C=O) groups is 2. The number of carbonyl (C=O) groups excluding carboxylic acids is 1. The molecule has 1 saturated heterocycles. The van der Waals surface area contributed by atoms with Gasteiger partial charge >= 0.3 is 6.09 Å². The van der Waals surface area contributed by atoms with Crippen LogP contribution < -0.4 is 0 Å². The van der Waals surface area contributed by atoms with Gasteiger partial charge in [-0.3, -0.25) is 9.69 Å². The van der Waals surface area contributed by atoms with Gasteiger partial charge in [0.1, 0.15) is 6.61 Å². The van der Waals surface area contributed by atoms with E-state index in [1.807, 2.05) is 0 Å². The third-order valence-corrected chi connectivity index (χ3v) is 1.41. The van der Waals surface area contributed by atoms with Crippen LogP contribution in [0, 0.1) is 0 Å². The zero-order valence-corrected chi connectivity index (χ0v) is 5.95. The lowest BCUT2D eigenvalue weighted by molar-refractivity contribution is -0.122. The Hall–Kier alpha value is -1.10. The van der Waals surface area contributed by atoms with E-state index in [4.69, 9.17) is 9.84 Å². The predicted molar refractivity (Wildman–Crippen MR) is 35.4 cm³/mol. The van der Waals surface area contributed by atoms with E-state index >= 15 is 0 Å². The molecule has 0 bridgehead atoms. The molecule has 1 fully saturated rings. The highest BCUT2D eigenvalue weighted by Gasteiger charge is 2.18. The van der Waals surface area contributed by atoms with E-state index in [0.717, 1.165) is 4.90 Å². The summed E-state index contributed by atoms with van der Waals surface area (Å²) in [7, 11) is 0. The SMILES string of the molecule is O=C1COCCN(C(=O)O)C1. The molecule has 0 aromatic heterocycles. The standard InChI is InChI=1S/C6H9NO4/c8-5-3-7(6(9)10)1-2-11-4-5/h1-4H2,(H,9,10). The van der Waals surface area contributed by atoms with Gasteiger partial charge in [-0.2, -0.15) is 0 Å². The highest BCUT2D eigenvalue weighted by Crippen LogP contribution is 1.95. The number of hydrogen-bond acceptors (Lipinski definition) is 3. The summed E-state index contributed by atoms with van der Waals surface area (Å²) < 4.78 is 4.83. The molecule has 0 aromatic carbocycles. The first-order valence-corrected chi connectivity index (χ1v) is 3.27. The van der Waals surface area contributed by atoms with E-state index in [0.29, 0.717) is 6.61 Å². The van der Waals surface area contributed by atoms with Crippen molar-refractivity contribution < 1.29 is 19.4 Å². The Bertz CT molecular complexity index is 179. The first-order valence-electron chi connectivity index (χ1n) is 3.27. The van der Waals surface area contributed by atoms with Gasteiger partial charge in [0, 0.05) is 6.54 Å². The molecule has 0 spiro atoms. The molecule has 0 aliphatic carbocycles. The number of amides is 1. The van der Waals surface area contributed by atoms with E-state index in [1.54, 1.807) is 0 Å². The maximum Gasteiger partial charge on any atom is 0.407 e. The summed E-state index contributed by atoms with van der Waals surface area (Å²) in [5.41, 5.74) is 0. The fourth-order valence-electron chi connectivity index (χ4n) is 0.862. The molecule has 0 aromatic rings. The minimum Gasteiger partial charge on any atom is -0.465 e. The Morgan fingerprint density at radius 1 is 1.64 bits per heavy atom. The first kappa shape index (κ1) is 8.00. The number of Topliss-reactive ketones (excluding diaryl/α,β-unsaturated/α-hetero) is 1. The smallest absolute Gasteiger partial charge is 0.407 e. The molecule has 1 aliphatic heterocycles. The number of ether oxygens (including phenoxy) is 1. The normalized spacial score (nSPS) is 19.6. The minimum atomic E-state index is -1.07. The molecule has 1 amide bonds. The van der Waals surface area contributed by atoms with E-state index in [-0.39, 0.29) is 25.5 Å². The number of hydrogen-bond donors (Lipinski definition) is 1. The molecule has 1 N–H and O–H groups in total. The number of ketones is 1. The van der Waals surface area contributed by atoms with Crippen LogP contribution in [-0.4, -0.2) is 48.2 Å². The summed E-state index contributed by atoms with van der Waals surface area (Å²) in [5.74, 6) is -0.190. The Labute approximate surface area is 63.5 Å². The molecule has 5 heteroatoms. The summed E-state index contributed by atoms with van der Waals surface area (Å²) in [4.78, 5) is 22.2. The van der Waals surface area contributed by atoms with Crippen molar-refractivity contribution in [2.24, 2.45) is 0 Å². The van der Waals surface area contributed by atoms with Crippen LogP contribution in [0.25, 0.3) is 0 Å². The van der Waals surface area contributed by atoms with Crippen LogP contribution in [0.2, 0.25) is 0 Å². The van der Waals surface area contributed by atoms with Crippen molar-refractivity contribution in [2.45, 2.75) is 0 Å². The molecule has 1 rings (SSSR count). The van der Waals surface area contributed by atoms with Gasteiger partial charge in [0.05, 0.1) is 13.2 Å². The Balaban J connectivity index is 2.52. The molecular weight excluding hydrogens is 150 g/mol. The zero-order valence-electron chi connectivity index (χ0n) is 5.95. The van der Waals surface area contributed by atoms with Crippen LogP contribution in [0.4, 0.5) is 4.79 Å². The van der Waals surface area contributed by atoms with Crippen molar-refractivity contribution in [3.63, 3.8) is 0 Å². The van der Waals surface area contributed by atoms with Crippen molar-refractivity contribution >= 4 is 11.9 Å². The molecule has 62 valence electrons. The highest BCUT2D eigenvalue weighted by molar-refractivity contribution is 5.84. The molecular formula is C6H9NO4. The summed E-state index contributed by atoms with van der Waals surface area (Å²) in [5, 5.41) is 8.50. The van der Waals surface area contributed by atoms with E-state index in [9.17, 15) is 9.59 Å². The Morgan fingerprint density at radius 2 is 2.36 bits per heavy atom. The molecule has 1 aliphatic rings. The average molecular weight is 159 g/mol. The molecule has 0 unspecified atom stereocenters. The lowest BCUT2D eigenvalue weighted by Crippen LogP contribution is -2.34. The number of rotatable bonds is 0. The van der Waals surface area contributed by atoms with Crippen molar-refractivity contribution in [1.29, 1.82) is 0 Å². The molecule has 11 heavy (non-hydrogen) atoms. The number of nitrogens with zero attached hydrogens (tertiary/aromatic N) is 1. The van der Waals surface area contributed by atoms with Crippen molar-refractivity contribution in [1.82, 2.24) is 4.90 Å². The molecule has 5 nitrogen and oxygen atoms in total. The van der Waals surface area contributed by atoms with Crippen LogP contribution in [0.3, 0.4) is 0 Å². The van der Waals surface area contributed by atoms with Crippen molar-refractivity contribution in [3.05, 3.63) is 0 Å². The van der Waals surface area contributed by atoms with Gasteiger partial charge in [-0.15, -0.1) is 0 Å². The summed E-state index contributed by atoms with van der Waals surface area (Å²) in [6.07, 6.45) is -1.07. The van der Waals surface area contributed by atoms with E-state index < -0.39 is 6.09 Å². The summed E-state index contributed by atoms with van der Waals surface area (Å²) in [6, 6.07) is 0. The van der Waals surface area contributed by atoms with Gasteiger partial charge in [-0.05, 0) is 0 Å². The van der Waals surface area contributed by atoms with E-state index in [2.05, 4.69) is 0 Å². The predicted octanol–water partition coefficient (Wildman–Crippen LogP) is -0.434. The van der Waals surface area contributed by atoms with Crippen LogP contribution in [0.15, 0.2) is 0 Å². The molecule has 0 radical (unpaired) electrons. The maximum atomic E-state index is 10.8. The second-order valence-corrected chi connectivity index (χ2v) is 2.30. The van der Waals surface area contributed by atoms with Crippen LogP contribution in [-0.2, 0) is 9.53 Å². The second kappa shape index (κ2) is 3.34. The third-order valence-electron chi connectivity index (χ3n) is 1.41. The zero-order chi connectivity index (χ0) is 8.27. The Morgan fingerprint density at radius 3 is 3.00 bits per heavy atom. The monoisotopic (exact) mass is 159 g/mol. The molecule has 0 atom stereocenters. The lowest BCUT2D eigenvalue weighted by Gasteiger charge is -2.13. The second-order valence-electron chi connectivity index (χ2n) is 2.30. The topological polar surface area (TPSA) is 66.8 Å². The van der Waals surface area contributed by atoms with Gasteiger partial charge in [0.15, 0.2) is 5.78 Å². The molecule has 1 heterocycles. The summed E-state index contributed by atoms with van der Waals surface area (Å²) in [6.45, 7) is 0.568. The van der Waals surface area contributed by atoms with Crippen LogP contribution >= 0.6 is 0 Å². The molecule has 0 saturated carbocycles. The fourth-order valence-corrected chi connectivity index (χ4v) is 0.862. The third kappa shape index (κ3) is 2.19. The highest BCUT2D eigenvalue weighted by atomic mass is 16.5. The largest absolute Gasteiger partial charge is 0.465 e. The van der Waals surface area contributed by atoms with Gasteiger partial charge in [-0.25, -0.2) is 4.79 Å². The lowest BCUT2D eigenvalue weighted by atomic mass is 10.4. The first-order chi connectivity index (χ1) is 5.20. The maximum absolute atomic E-state index is 10.8. The minimum absolute atomic E-state index is 0.0315. The van der Waals surface area contributed by atoms with Crippen LogP contribution in [0.5, 0.6) is 0 Å². The van der Waals surface area contributed by atoms with Gasteiger partial charge in [0.25, 0.3) is 0 Å². The number of carboxylic acid groups (broad SMARTS) is 1. The van der Waals surface area contributed by atoms with E-state index in [1.165, 1.54) is 0 Å². The van der Waals surface area contributed by atoms with Gasteiger partial charge < -0.3 is 9.84 Å². The average Bonchev–Trinajstić information content (AvgIpc) is 2.13. The van der Waals surface area contributed by atoms with Crippen LogP contribution in [0.1, 0.15) is 0 Å². The van der Waals surface area contributed by atoms with Crippen molar-refractivity contribution in [2.75, 3.05) is 26.3 Å². The summed E-state index contributed by atoms with van der Waals surface area (Å²) >= 11 is 0. The van der Waals surface area contributed by atoms with Gasteiger partial charge in [0.2, 0.25) is 0 Å². The fraction of sp³-hybridized carbons (Fsp3) is 0.667. The van der Waals surface area contributed by atoms with Crippen molar-refractivity contribution in [3.8, 4) is 0 Å².